The Labute approximate surface area is 127 Å². The number of hydrogen-bond donors (Lipinski definition) is 2. The van der Waals surface area contributed by atoms with Gasteiger partial charge in [-0.3, -0.25) is 0 Å². The molecule has 0 fully saturated rings. The zero-order valence-corrected chi connectivity index (χ0v) is 12.8. The van der Waals surface area contributed by atoms with Gasteiger partial charge in [0.1, 0.15) is 0 Å². The minimum atomic E-state index is -4.58. The van der Waals surface area contributed by atoms with Gasteiger partial charge >= 0.3 is 6.18 Å². The van der Waals surface area contributed by atoms with Crippen molar-refractivity contribution in [3.05, 3.63) is 41.0 Å². The normalized spacial score (nSPS) is 16.5. The van der Waals surface area contributed by atoms with Gasteiger partial charge in [-0.25, -0.2) is 13.1 Å². The van der Waals surface area contributed by atoms with Crippen molar-refractivity contribution in [3.63, 3.8) is 0 Å². The van der Waals surface area contributed by atoms with Gasteiger partial charge in [-0.2, -0.15) is 13.2 Å². The van der Waals surface area contributed by atoms with Crippen molar-refractivity contribution >= 4 is 10.0 Å². The number of rotatable bonds is 4. The van der Waals surface area contributed by atoms with E-state index in [1.54, 1.807) is 0 Å². The Morgan fingerprint density at radius 3 is 2.64 bits per heavy atom. The van der Waals surface area contributed by atoms with Gasteiger partial charge in [0.2, 0.25) is 10.0 Å². The van der Waals surface area contributed by atoms with Crippen molar-refractivity contribution in [2.75, 3.05) is 19.6 Å². The van der Waals surface area contributed by atoms with Crippen LogP contribution in [0.3, 0.4) is 0 Å². The Morgan fingerprint density at radius 1 is 1.32 bits per heavy atom. The molecule has 1 aliphatic heterocycles. The summed E-state index contributed by atoms with van der Waals surface area (Å²) < 4.78 is 65.2. The summed E-state index contributed by atoms with van der Waals surface area (Å²) in [4.78, 5) is -0.375. The Balaban J connectivity index is 2.20. The van der Waals surface area contributed by atoms with Crippen LogP contribution in [0.25, 0.3) is 0 Å². The molecule has 0 aromatic heterocycles. The summed E-state index contributed by atoms with van der Waals surface area (Å²) in [6.07, 6.45) is -1.99. The fourth-order valence-electron chi connectivity index (χ4n) is 2.17. The maximum atomic E-state index is 12.9. The van der Waals surface area contributed by atoms with Crippen LogP contribution < -0.4 is 10.0 Å². The summed E-state index contributed by atoms with van der Waals surface area (Å²) in [5.41, 5.74) is -0.0190. The molecule has 0 radical (unpaired) electrons. The molecule has 0 atom stereocenters. The van der Waals surface area contributed by atoms with Gasteiger partial charge < -0.3 is 5.32 Å². The van der Waals surface area contributed by atoms with E-state index in [0.717, 1.165) is 12.1 Å². The first kappa shape index (κ1) is 17.0. The second-order valence-electron chi connectivity index (χ2n) is 5.12. The lowest BCUT2D eigenvalue weighted by atomic mass is 10.1. The van der Waals surface area contributed by atoms with Crippen molar-refractivity contribution in [1.82, 2.24) is 10.0 Å². The van der Waals surface area contributed by atoms with E-state index < -0.39 is 21.8 Å². The Kier molecular flexibility index (Phi) is 4.93. The van der Waals surface area contributed by atoms with Gasteiger partial charge in [0.25, 0.3) is 0 Å². The van der Waals surface area contributed by atoms with Crippen LogP contribution in [0.1, 0.15) is 17.5 Å². The number of hydrogen-bond acceptors (Lipinski definition) is 3. The van der Waals surface area contributed by atoms with Gasteiger partial charge in [-0.05, 0) is 37.6 Å². The standard InChI is InChI=1S/C14H17F3N2O2S/c1-10-2-3-12(8-13(10)14(15,16)17)22(20,21)19-9-11-4-6-18-7-5-11/h2-4,8,18-19H,5-7,9H2,1H3. The quantitative estimate of drug-likeness (QED) is 0.830. The third-order valence-electron chi connectivity index (χ3n) is 3.47. The average molecular weight is 334 g/mol. The van der Waals surface area contributed by atoms with Crippen molar-refractivity contribution in [1.29, 1.82) is 0 Å². The molecule has 8 heteroatoms. The highest BCUT2D eigenvalue weighted by Crippen LogP contribution is 2.33. The zero-order valence-electron chi connectivity index (χ0n) is 12.0. The molecule has 0 unspecified atom stereocenters. The van der Waals surface area contributed by atoms with Gasteiger partial charge in [-0.15, -0.1) is 0 Å². The second kappa shape index (κ2) is 6.39. The minimum Gasteiger partial charge on any atom is -0.313 e. The lowest BCUT2D eigenvalue weighted by Crippen LogP contribution is -2.30. The van der Waals surface area contributed by atoms with E-state index in [1.165, 1.54) is 19.1 Å². The van der Waals surface area contributed by atoms with E-state index in [2.05, 4.69) is 10.0 Å². The molecule has 2 N–H and O–H groups in total. The van der Waals surface area contributed by atoms with Crippen LogP contribution in [0.15, 0.2) is 34.7 Å². The largest absolute Gasteiger partial charge is 0.416 e. The van der Waals surface area contributed by atoms with Gasteiger partial charge in [0.05, 0.1) is 10.5 Å². The average Bonchev–Trinajstić information content (AvgIpc) is 2.45. The van der Waals surface area contributed by atoms with Crippen LogP contribution in [-0.4, -0.2) is 28.1 Å². The van der Waals surface area contributed by atoms with Crippen molar-refractivity contribution in [3.8, 4) is 0 Å². The summed E-state index contributed by atoms with van der Waals surface area (Å²) >= 11 is 0. The van der Waals surface area contributed by atoms with E-state index in [0.29, 0.717) is 19.0 Å². The van der Waals surface area contributed by atoms with Gasteiger partial charge in [0.15, 0.2) is 0 Å². The fourth-order valence-corrected chi connectivity index (χ4v) is 3.24. The van der Waals surface area contributed by atoms with Gasteiger partial charge in [-0.1, -0.05) is 17.7 Å². The molecule has 4 nitrogen and oxygen atoms in total. The first-order chi connectivity index (χ1) is 10.2. The lowest BCUT2D eigenvalue weighted by molar-refractivity contribution is -0.138. The smallest absolute Gasteiger partial charge is 0.313 e. The molecule has 0 bridgehead atoms. The van der Waals surface area contributed by atoms with Gasteiger partial charge in [0, 0.05) is 13.1 Å². The molecular weight excluding hydrogens is 317 g/mol. The van der Waals surface area contributed by atoms with E-state index in [4.69, 9.17) is 0 Å². The molecule has 122 valence electrons. The Bertz CT molecular complexity index is 682. The predicted molar refractivity (Wildman–Crippen MR) is 76.9 cm³/mol. The monoisotopic (exact) mass is 334 g/mol. The third-order valence-corrected chi connectivity index (χ3v) is 4.87. The number of benzene rings is 1. The summed E-state index contributed by atoms with van der Waals surface area (Å²) in [6.45, 7) is 2.84. The first-order valence-corrected chi connectivity index (χ1v) is 8.24. The maximum Gasteiger partial charge on any atom is 0.416 e. The molecule has 2 rings (SSSR count). The van der Waals surface area contributed by atoms with Crippen LogP contribution >= 0.6 is 0 Å². The summed E-state index contributed by atoms with van der Waals surface area (Å²) in [6, 6.07) is 3.03. The Hall–Kier alpha value is -1.38. The molecular formula is C14H17F3N2O2S. The minimum absolute atomic E-state index is 0.00693. The van der Waals surface area contributed by atoms with E-state index in [1.807, 2.05) is 6.08 Å². The number of alkyl halides is 3. The molecule has 1 aliphatic rings. The van der Waals surface area contributed by atoms with Crippen LogP contribution in [0.4, 0.5) is 13.2 Å². The molecule has 1 aromatic rings. The van der Waals surface area contributed by atoms with E-state index in [-0.39, 0.29) is 17.0 Å². The number of nitrogens with one attached hydrogen (secondary N) is 2. The van der Waals surface area contributed by atoms with Crippen LogP contribution in [0, 0.1) is 6.92 Å². The van der Waals surface area contributed by atoms with Crippen molar-refractivity contribution in [2.45, 2.75) is 24.4 Å². The molecule has 0 spiro atoms. The SMILES string of the molecule is Cc1ccc(S(=O)(=O)NCC2=CCNCC2)cc1C(F)(F)F. The highest BCUT2D eigenvalue weighted by molar-refractivity contribution is 7.89. The molecule has 0 amide bonds. The summed E-state index contributed by atoms with van der Waals surface area (Å²) in [5.74, 6) is 0. The molecule has 22 heavy (non-hydrogen) atoms. The Morgan fingerprint density at radius 2 is 2.05 bits per heavy atom. The number of halogens is 3. The maximum absolute atomic E-state index is 12.9. The molecule has 0 saturated carbocycles. The van der Waals surface area contributed by atoms with E-state index >= 15 is 0 Å². The fraction of sp³-hybridized carbons (Fsp3) is 0.429. The highest BCUT2D eigenvalue weighted by Gasteiger charge is 2.33. The van der Waals surface area contributed by atoms with Crippen molar-refractivity contribution in [2.24, 2.45) is 0 Å². The van der Waals surface area contributed by atoms with E-state index in [9.17, 15) is 21.6 Å². The number of aryl methyl sites for hydroxylation is 1. The molecule has 1 aromatic carbocycles. The molecule has 0 aliphatic carbocycles. The molecule has 0 saturated heterocycles. The van der Waals surface area contributed by atoms with Crippen molar-refractivity contribution < 1.29 is 21.6 Å². The highest BCUT2D eigenvalue weighted by atomic mass is 32.2. The third kappa shape index (κ3) is 4.08. The molecule has 1 heterocycles. The zero-order chi connectivity index (χ0) is 16.4. The number of sulfonamides is 1. The van der Waals surface area contributed by atoms with Crippen LogP contribution in [0.5, 0.6) is 0 Å². The second-order valence-corrected chi connectivity index (χ2v) is 6.88. The van der Waals surface area contributed by atoms with Crippen LogP contribution in [-0.2, 0) is 16.2 Å². The summed E-state index contributed by atoms with van der Waals surface area (Å²) in [5, 5.41) is 3.10. The first-order valence-electron chi connectivity index (χ1n) is 6.76. The lowest BCUT2D eigenvalue weighted by Gasteiger charge is -2.16. The summed E-state index contributed by atoms with van der Waals surface area (Å²) in [7, 11) is -3.97. The topological polar surface area (TPSA) is 58.2 Å². The van der Waals surface area contributed by atoms with Crippen LogP contribution in [0.2, 0.25) is 0 Å². The predicted octanol–water partition coefficient (Wildman–Crippen LogP) is 2.21.